The van der Waals surface area contributed by atoms with Gasteiger partial charge in [0.1, 0.15) is 5.75 Å². The number of hydrogen-bond acceptors (Lipinski definition) is 3. The van der Waals surface area contributed by atoms with E-state index in [9.17, 15) is 0 Å². The van der Waals surface area contributed by atoms with Crippen molar-refractivity contribution in [2.75, 3.05) is 40.5 Å². The molecule has 1 N–H and O–H groups in total. The summed E-state index contributed by atoms with van der Waals surface area (Å²) >= 11 is 6.01. The second kappa shape index (κ2) is 8.58. The molecule has 0 aliphatic carbocycles. The van der Waals surface area contributed by atoms with Gasteiger partial charge in [-0.3, -0.25) is 4.99 Å². The first kappa shape index (κ1) is 19.6. The summed E-state index contributed by atoms with van der Waals surface area (Å²) in [6.45, 7) is 4.48. The smallest absolute Gasteiger partial charge is 0.193 e. The maximum Gasteiger partial charge on any atom is 0.193 e. The van der Waals surface area contributed by atoms with E-state index in [1.807, 2.05) is 25.2 Å². The zero-order chi connectivity index (χ0) is 16.3. The number of nitrogens with zero attached hydrogens (tertiary/aromatic N) is 2. The number of halogens is 2. The van der Waals surface area contributed by atoms with Gasteiger partial charge in [-0.15, -0.1) is 24.0 Å². The van der Waals surface area contributed by atoms with E-state index < -0.39 is 0 Å². The first-order valence-corrected chi connectivity index (χ1v) is 8.39. The van der Waals surface area contributed by atoms with E-state index in [4.69, 9.17) is 21.1 Å². The zero-order valence-corrected chi connectivity index (χ0v) is 17.3. The van der Waals surface area contributed by atoms with Gasteiger partial charge in [-0.2, -0.15) is 0 Å². The van der Waals surface area contributed by atoms with Gasteiger partial charge < -0.3 is 19.7 Å². The Labute approximate surface area is 165 Å². The molecule has 2 aliphatic rings. The summed E-state index contributed by atoms with van der Waals surface area (Å²) in [5.41, 5.74) is 1.39. The summed E-state index contributed by atoms with van der Waals surface area (Å²) in [5.74, 6) is 1.73. The van der Waals surface area contributed by atoms with Crippen LogP contribution < -0.4 is 10.1 Å². The molecule has 0 bridgehead atoms. The SMILES string of the molecule is CN=C(NCc1ccc(Cl)cc1OC)N1CCC2(CCOC2)C1.I. The van der Waals surface area contributed by atoms with Crippen LogP contribution in [-0.4, -0.2) is 51.3 Å². The molecule has 24 heavy (non-hydrogen) atoms. The van der Waals surface area contributed by atoms with E-state index in [0.29, 0.717) is 17.0 Å². The quantitative estimate of drug-likeness (QED) is 0.423. The molecule has 0 amide bonds. The fourth-order valence-corrected chi connectivity index (χ4v) is 3.62. The van der Waals surface area contributed by atoms with Crippen molar-refractivity contribution in [3.05, 3.63) is 28.8 Å². The van der Waals surface area contributed by atoms with Crippen LogP contribution in [0.3, 0.4) is 0 Å². The fraction of sp³-hybridized carbons (Fsp3) is 0.588. The highest BCUT2D eigenvalue weighted by Gasteiger charge is 2.42. The van der Waals surface area contributed by atoms with Crippen molar-refractivity contribution in [1.29, 1.82) is 0 Å². The van der Waals surface area contributed by atoms with Gasteiger partial charge in [0.25, 0.3) is 0 Å². The van der Waals surface area contributed by atoms with Crippen LogP contribution in [0, 0.1) is 5.41 Å². The van der Waals surface area contributed by atoms with Crippen molar-refractivity contribution >= 4 is 41.5 Å². The van der Waals surface area contributed by atoms with E-state index in [1.165, 1.54) is 6.42 Å². The summed E-state index contributed by atoms with van der Waals surface area (Å²) in [6, 6.07) is 5.70. The number of aliphatic imine (C=N–C) groups is 1. The van der Waals surface area contributed by atoms with Crippen LogP contribution in [0.5, 0.6) is 5.75 Å². The molecule has 5 nitrogen and oxygen atoms in total. The number of benzene rings is 1. The minimum absolute atomic E-state index is 0. The number of methoxy groups -OCH3 is 1. The average molecular weight is 466 g/mol. The van der Waals surface area contributed by atoms with Crippen molar-refractivity contribution in [2.45, 2.75) is 19.4 Å². The maximum atomic E-state index is 6.01. The Morgan fingerprint density at radius 2 is 2.29 bits per heavy atom. The van der Waals surface area contributed by atoms with E-state index in [-0.39, 0.29) is 24.0 Å². The lowest BCUT2D eigenvalue weighted by atomic mass is 9.87. The lowest BCUT2D eigenvalue weighted by Gasteiger charge is -2.25. The molecular formula is C17H25ClIN3O2. The molecule has 1 atom stereocenters. The Hall–Kier alpha value is -0.730. The summed E-state index contributed by atoms with van der Waals surface area (Å²) < 4.78 is 11.0. The van der Waals surface area contributed by atoms with E-state index in [0.717, 1.165) is 50.0 Å². The van der Waals surface area contributed by atoms with Gasteiger partial charge in [-0.05, 0) is 25.0 Å². The molecule has 2 saturated heterocycles. The van der Waals surface area contributed by atoms with Crippen molar-refractivity contribution in [2.24, 2.45) is 10.4 Å². The van der Waals surface area contributed by atoms with Crippen molar-refractivity contribution in [3.63, 3.8) is 0 Å². The lowest BCUT2D eigenvalue weighted by Crippen LogP contribution is -2.41. The molecular weight excluding hydrogens is 441 g/mol. The Bertz CT molecular complexity index is 591. The molecule has 7 heteroatoms. The second-order valence-electron chi connectivity index (χ2n) is 6.33. The number of ether oxygens (including phenoxy) is 2. The van der Waals surface area contributed by atoms with Gasteiger partial charge in [0.05, 0.1) is 13.7 Å². The number of hydrogen-bond donors (Lipinski definition) is 1. The summed E-state index contributed by atoms with van der Waals surface area (Å²) in [4.78, 5) is 6.77. The molecule has 2 aliphatic heterocycles. The molecule has 134 valence electrons. The Morgan fingerprint density at radius 3 is 2.96 bits per heavy atom. The molecule has 2 heterocycles. The van der Waals surface area contributed by atoms with Gasteiger partial charge in [-0.1, -0.05) is 17.7 Å². The predicted molar refractivity (Wildman–Crippen MR) is 108 cm³/mol. The molecule has 1 aromatic carbocycles. The van der Waals surface area contributed by atoms with Crippen LogP contribution in [0.25, 0.3) is 0 Å². The van der Waals surface area contributed by atoms with Gasteiger partial charge in [0, 0.05) is 49.3 Å². The van der Waals surface area contributed by atoms with Gasteiger partial charge in [0.2, 0.25) is 0 Å². The third-order valence-corrected chi connectivity index (χ3v) is 5.06. The Morgan fingerprint density at radius 1 is 1.46 bits per heavy atom. The Balaban J connectivity index is 0.00000208. The first-order chi connectivity index (χ1) is 11.2. The third kappa shape index (κ3) is 4.26. The lowest BCUT2D eigenvalue weighted by molar-refractivity contribution is 0.156. The number of rotatable bonds is 3. The van der Waals surface area contributed by atoms with Gasteiger partial charge >= 0.3 is 0 Å². The minimum atomic E-state index is 0. The Kier molecular flexibility index (Phi) is 7.00. The highest BCUT2D eigenvalue weighted by Crippen LogP contribution is 2.38. The minimum Gasteiger partial charge on any atom is -0.496 e. The van der Waals surface area contributed by atoms with Crippen LogP contribution >= 0.6 is 35.6 Å². The fourth-order valence-electron chi connectivity index (χ4n) is 3.46. The summed E-state index contributed by atoms with van der Waals surface area (Å²) in [7, 11) is 3.49. The number of guanidine groups is 1. The van der Waals surface area contributed by atoms with Crippen molar-refractivity contribution in [3.8, 4) is 5.75 Å². The van der Waals surface area contributed by atoms with Crippen molar-refractivity contribution in [1.82, 2.24) is 10.2 Å². The molecule has 0 aromatic heterocycles. The van der Waals surface area contributed by atoms with Gasteiger partial charge in [-0.25, -0.2) is 0 Å². The summed E-state index contributed by atoms with van der Waals surface area (Å²) in [5, 5.41) is 4.12. The largest absolute Gasteiger partial charge is 0.496 e. The highest BCUT2D eigenvalue weighted by molar-refractivity contribution is 14.0. The van der Waals surface area contributed by atoms with Crippen LogP contribution in [0.15, 0.2) is 23.2 Å². The normalized spacial score (nSPS) is 23.5. The standard InChI is InChI=1S/C17H24ClN3O2.HI/c1-19-16(21-7-5-17(11-21)6-8-23-12-17)20-10-13-3-4-14(18)9-15(13)22-2;/h3-4,9H,5-8,10-12H2,1-2H3,(H,19,20);1H. The first-order valence-electron chi connectivity index (χ1n) is 8.01. The molecule has 3 rings (SSSR count). The van der Waals surface area contributed by atoms with Crippen LogP contribution in [-0.2, 0) is 11.3 Å². The second-order valence-corrected chi connectivity index (χ2v) is 6.77. The predicted octanol–water partition coefficient (Wildman–Crippen LogP) is 3.15. The third-order valence-electron chi connectivity index (χ3n) is 4.82. The number of nitrogens with one attached hydrogen (secondary N) is 1. The molecule has 0 radical (unpaired) electrons. The molecule has 1 spiro atoms. The zero-order valence-electron chi connectivity index (χ0n) is 14.2. The monoisotopic (exact) mass is 465 g/mol. The van der Waals surface area contributed by atoms with E-state index in [2.05, 4.69) is 15.2 Å². The van der Waals surface area contributed by atoms with Crippen molar-refractivity contribution < 1.29 is 9.47 Å². The molecule has 1 unspecified atom stereocenters. The molecule has 2 fully saturated rings. The van der Waals surface area contributed by atoms with Gasteiger partial charge in [0.15, 0.2) is 5.96 Å². The molecule has 0 saturated carbocycles. The van der Waals surface area contributed by atoms with E-state index >= 15 is 0 Å². The van der Waals surface area contributed by atoms with Crippen LogP contribution in [0.1, 0.15) is 18.4 Å². The number of likely N-dealkylation sites (tertiary alicyclic amines) is 1. The topological polar surface area (TPSA) is 46.1 Å². The van der Waals surface area contributed by atoms with E-state index in [1.54, 1.807) is 7.11 Å². The van der Waals surface area contributed by atoms with Crippen LogP contribution in [0.2, 0.25) is 5.02 Å². The molecule has 1 aromatic rings. The summed E-state index contributed by atoms with van der Waals surface area (Å²) in [6.07, 6.45) is 2.34. The van der Waals surface area contributed by atoms with Crippen LogP contribution in [0.4, 0.5) is 0 Å². The average Bonchev–Trinajstić information content (AvgIpc) is 3.19. The maximum absolute atomic E-state index is 6.01. The highest BCUT2D eigenvalue weighted by atomic mass is 127.